The number of imide groups is 1. The summed E-state index contributed by atoms with van der Waals surface area (Å²) in [5.74, 6) is 0.143. The van der Waals surface area contributed by atoms with Crippen LogP contribution in [0, 0.1) is 24.2 Å². The third kappa shape index (κ3) is 3.43. The molecule has 1 saturated heterocycles. The minimum absolute atomic E-state index is 0.123. The summed E-state index contributed by atoms with van der Waals surface area (Å²) in [6.45, 7) is 4.17. The fourth-order valence-corrected chi connectivity index (χ4v) is 4.89. The van der Waals surface area contributed by atoms with Crippen LogP contribution in [0.25, 0.3) is 0 Å². The monoisotopic (exact) mass is 391 g/mol. The number of thioether (sulfide) groups is 1. The molecule has 0 saturated carbocycles. The van der Waals surface area contributed by atoms with Crippen molar-refractivity contribution in [2.75, 3.05) is 4.90 Å². The van der Waals surface area contributed by atoms with Crippen LogP contribution in [0.1, 0.15) is 42.1 Å². The molecule has 2 atom stereocenters. The Morgan fingerprint density at radius 2 is 1.96 bits per heavy atom. The van der Waals surface area contributed by atoms with Gasteiger partial charge in [-0.05, 0) is 55.9 Å². The molecule has 2 unspecified atom stereocenters. The molecule has 0 bridgehead atoms. The molecule has 1 aromatic carbocycles. The van der Waals surface area contributed by atoms with Crippen LogP contribution in [-0.4, -0.2) is 22.0 Å². The molecule has 2 aliphatic rings. The summed E-state index contributed by atoms with van der Waals surface area (Å²) in [7, 11) is 0. The van der Waals surface area contributed by atoms with Gasteiger partial charge in [-0.1, -0.05) is 36.4 Å². The summed E-state index contributed by atoms with van der Waals surface area (Å²) in [5, 5.41) is 9.58. The van der Waals surface area contributed by atoms with Crippen LogP contribution in [0.3, 0.4) is 0 Å². The molecule has 2 heterocycles. The minimum Gasteiger partial charge on any atom is -0.274 e. The van der Waals surface area contributed by atoms with Crippen molar-refractivity contribution < 1.29 is 9.59 Å². The van der Waals surface area contributed by atoms with Crippen LogP contribution in [-0.2, 0) is 22.4 Å². The summed E-state index contributed by atoms with van der Waals surface area (Å²) in [4.78, 5) is 31.4. The molecule has 6 heteroatoms. The number of rotatable bonds is 3. The minimum atomic E-state index is -0.547. The van der Waals surface area contributed by atoms with E-state index in [0.717, 1.165) is 36.1 Å². The largest absolute Gasteiger partial charge is 0.274 e. The van der Waals surface area contributed by atoms with Crippen molar-refractivity contribution in [1.82, 2.24) is 4.98 Å². The van der Waals surface area contributed by atoms with E-state index < -0.39 is 5.25 Å². The fourth-order valence-electron chi connectivity index (χ4n) is 3.79. The first-order valence-corrected chi connectivity index (χ1v) is 10.4. The van der Waals surface area contributed by atoms with Crippen LogP contribution in [0.5, 0.6) is 0 Å². The number of carbonyl (C=O) groups is 2. The van der Waals surface area contributed by atoms with Gasteiger partial charge in [0.1, 0.15) is 11.1 Å². The number of amides is 2. The molecule has 142 valence electrons. The van der Waals surface area contributed by atoms with Gasteiger partial charge in [0.2, 0.25) is 11.8 Å². The number of anilines is 1. The number of hydrogen-bond donors (Lipinski definition) is 0. The van der Waals surface area contributed by atoms with Gasteiger partial charge in [-0.2, -0.15) is 5.26 Å². The number of nitriles is 1. The number of benzene rings is 1. The maximum atomic E-state index is 12.9. The Balaban J connectivity index is 1.60. The first kappa shape index (κ1) is 18.7. The first-order chi connectivity index (χ1) is 13.5. The maximum absolute atomic E-state index is 12.9. The Kier molecular flexibility index (Phi) is 4.94. The lowest BCUT2D eigenvalue weighted by atomic mass is 9.87. The molecule has 1 aliphatic carbocycles. The quantitative estimate of drug-likeness (QED) is 0.744. The van der Waals surface area contributed by atoms with Crippen molar-refractivity contribution in [3.05, 3.63) is 52.7 Å². The normalized spacial score (nSPS) is 21.5. The number of aryl methyl sites for hydroxylation is 2. The van der Waals surface area contributed by atoms with Crippen LogP contribution < -0.4 is 4.90 Å². The van der Waals surface area contributed by atoms with E-state index in [-0.39, 0.29) is 18.2 Å². The molecule has 0 radical (unpaired) electrons. The van der Waals surface area contributed by atoms with Gasteiger partial charge in [-0.25, -0.2) is 9.88 Å². The fraction of sp³-hybridized carbons (Fsp3) is 0.364. The Labute approximate surface area is 168 Å². The molecular weight excluding hydrogens is 370 g/mol. The highest BCUT2D eigenvalue weighted by atomic mass is 32.2. The molecule has 1 aromatic heterocycles. The van der Waals surface area contributed by atoms with Crippen molar-refractivity contribution in [1.29, 1.82) is 5.26 Å². The number of hydrogen-bond acceptors (Lipinski definition) is 5. The smallest absolute Gasteiger partial charge is 0.247 e. The van der Waals surface area contributed by atoms with Crippen LogP contribution >= 0.6 is 11.8 Å². The van der Waals surface area contributed by atoms with Gasteiger partial charge in [0.05, 0.1) is 16.5 Å². The number of carbonyl (C=O) groups excluding carboxylic acids is 2. The third-order valence-electron chi connectivity index (χ3n) is 5.37. The van der Waals surface area contributed by atoms with Gasteiger partial charge in [0.25, 0.3) is 0 Å². The first-order valence-electron chi connectivity index (χ1n) is 9.49. The van der Waals surface area contributed by atoms with Gasteiger partial charge in [-0.15, -0.1) is 0 Å². The second-order valence-corrected chi connectivity index (χ2v) is 8.81. The lowest BCUT2D eigenvalue weighted by Gasteiger charge is -2.22. The van der Waals surface area contributed by atoms with Gasteiger partial charge < -0.3 is 0 Å². The average molecular weight is 391 g/mol. The van der Waals surface area contributed by atoms with Gasteiger partial charge >= 0.3 is 0 Å². The van der Waals surface area contributed by atoms with Crippen LogP contribution in [0.4, 0.5) is 5.69 Å². The van der Waals surface area contributed by atoms with E-state index in [9.17, 15) is 14.9 Å². The van der Waals surface area contributed by atoms with E-state index in [0.29, 0.717) is 22.2 Å². The van der Waals surface area contributed by atoms with Crippen LogP contribution in [0.2, 0.25) is 0 Å². The molecule has 28 heavy (non-hydrogen) atoms. The Hall–Kier alpha value is -2.65. The third-order valence-corrected chi connectivity index (χ3v) is 6.56. The van der Waals surface area contributed by atoms with Gasteiger partial charge in [0.15, 0.2) is 0 Å². The summed E-state index contributed by atoms with van der Waals surface area (Å²) in [5.41, 5.74) is 4.31. The Morgan fingerprint density at radius 3 is 2.68 bits per heavy atom. The average Bonchev–Trinajstić information content (AvgIpc) is 2.95. The summed E-state index contributed by atoms with van der Waals surface area (Å²) in [6.07, 6.45) is 3.03. The number of fused-ring (bicyclic) bond motifs is 1. The predicted octanol–water partition coefficient (Wildman–Crippen LogP) is 3.81. The molecule has 2 amide bonds. The lowest BCUT2D eigenvalue weighted by Crippen LogP contribution is -2.31. The Bertz CT molecular complexity index is 994. The zero-order valence-corrected chi connectivity index (χ0v) is 16.8. The summed E-state index contributed by atoms with van der Waals surface area (Å²) < 4.78 is 0. The molecule has 1 fully saturated rings. The van der Waals surface area contributed by atoms with Crippen LogP contribution in [0.15, 0.2) is 35.4 Å². The molecular formula is C22H21N3O2S. The van der Waals surface area contributed by atoms with Gasteiger partial charge in [-0.3, -0.25) is 9.59 Å². The van der Waals surface area contributed by atoms with Crippen molar-refractivity contribution in [3.8, 4) is 6.07 Å². The highest BCUT2D eigenvalue weighted by Crippen LogP contribution is 2.36. The predicted molar refractivity (Wildman–Crippen MR) is 108 cm³/mol. The zero-order valence-electron chi connectivity index (χ0n) is 15.9. The summed E-state index contributed by atoms with van der Waals surface area (Å²) in [6, 6.07) is 11.5. The van der Waals surface area contributed by atoms with E-state index in [1.807, 2.05) is 25.1 Å². The number of nitrogens with zero attached hydrogens (tertiary/aromatic N) is 3. The molecule has 0 N–H and O–H groups in total. The van der Waals surface area contributed by atoms with Crippen molar-refractivity contribution in [2.24, 2.45) is 5.92 Å². The van der Waals surface area contributed by atoms with E-state index >= 15 is 0 Å². The SMILES string of the molecule is Cc1ccc(N2C(=O)CC(Sc3nc4c(cc3C#N)CC(C)CC4)C2=O)cc1. The molecule has 5 nitrogen and oxygen atoms in total. The van der Waals surface area contributed by atoms with Gasteiger partial charge in [0, 0.05) is 12.1 Å². The van der Waals surface area contributed by atoms with E-state index in [2.05, 4.69) is 13.0 Å². The second kappa shape index (κ2) is 7.40. The van der Waals surface area contributed by atoms with Crippen molar-refractivity contribution in [2.45, 2.75) is 49.8 Å². The second-order valence-electron chi connectivity index (χ2n) is 7.62. The Morgan fingerprint density at radius 1 is 1.21 bits per heavy atom. The molecule has 1 aliphatic heterocycles. The number of pyridine rings is 1. The number of aromatic nitrogens is 1. The maximum Gasteiger partial charge on any atom is 0.247 e. The lowest BCUT2D eigenvalue weighted by molar-refractivity contribution is -0.121. The van der Waals surface area contributed by atoms with E-state index in [4.69, 9.17) is 4.98 Å². The molecule has 2 aromatic rings. The molecule has 0 spiro atoms. The van der Waals surface area contributed by atoms with Crippen molar-refractivity contribution >= 4 is 29.3 Å². The summed E-state index contributed by atoms with van der Waals surface area (Å²) >= 11 is 1.24. The topological polar surface area (TPSA) is 74.1 Å². The van der Waals surface area contributed by atoms with Crippen molar-refractivity contribution in [3.63, 3.8) is 0 Å². The highest BCUT2D eigenvalue weighted by molar-refractivity contribution is 8.00. The highest BCUT2D eigenvalue weighted by Gasteiger charge is 2.40. The van der Waals surface area contributed by atoms with E-state index in [1.54, 1.807) is 12.1 Å². The molecule has 4 rings (SSSR count). The van der Waals surface area contributed by atoms with E-state index in [1.165, 1.54) is 16.7 Å². The zero-order chi connectivity index (χ0) is 19.8. The standard InChI is InChI=1S/C22H21N3O2S/c1-13-3-6-17(7-4-13)25-20(26)11-19(22(25)27)28-21-16(12-23)10-15-9-14(2)5-8-18(15)24-21/h3-4,6-7,10,14,19H,5,8-9,11H2,1-2H3.